The molecule has 0 aromatic heterocycles. The molecule has 0 amide bonds. The van der Waals surface area contributed by atoms with Crippen LogP contribution in [-0.4, -0.2) is 0 Å². The third kappa shape index (κ3) is 13.4. The van der Waals surface area contributed by atoms with E-state index in [1.807, 2.05) is 0 Å². The van der Waals surface area contributed by atoms with Crippen LogP contribution in [0.15, 0.2) is 467 Å². The SMILES string of the molecule is C1=C(c2ccccc2)C(c2c3ccccc3c(-c3ccc(-c4ccccc4)cc3-c3ccccc3)c3cc4ccccc4cc23)=CCC1c1ccccc1.Cc1ccc2ccccc2c1-c1c2ccccc2c(-c2c(C)ccc3ccccc23)c2ccccc12.c1ccc2cc(-c3c4ccccc4c(-c4cccc5ccccc45)c4ccccc34)ccc2c1. The molecule has 0 fully saturated rings. The molecule has 1 aliphatic carbocycles. The zero-order valence-electron chi connectivity index (χ0n) is 69.2. The average molecular weight is 1580 g/mol. The first-order valence-corrected chi connectivity index (χ1v) is 43.4. The molecule has 23 aromatic carbocycles. The van der Waals surface area contributed by atoms with Gasteiger partial charge in [-0.25, -0.2) is 0 Å². The van der Waals surface area contributed by atoms with Gasteiger partial charge in [0.15, 0.2) is 0 Å². The van der Waals surface area contributed by atoms with E-state index in [4.69, 9.17) is 0 Å². The summed E-state index contributed by atoms with van der Waals surface area (Å²) in [6.07, 6.45) is 5.98. The Kier molecular flexibility index (Phi) is 19.4. The maximum atomic E-state index is 2.52. The van der Waals surface area contributed by atoms with Crippen molar-refractivity contribution in [3.05, 3.63) is 495 Å². The predicted octanol–water partition coefficient (Wildman–Crippen LogP) is 34.7. The molecule has 0 saturated carbocycles. The Labute approximate surface area is 723 Å². The van der Waals surface area contributed by atoms with Crippen molar-refractivity contribution in [1.82, 2.24) is 0 Å². The lowest BCUT2D eigenvalue weighted by Gasteiger charge is -2.27. The van der Waals surface area contributed by atoms with E-state index in [1.54, 1.807) is 0 Å². The summed E-state index contributed by atoms with van der Waals surface area (Å²) in [6, 6.07) is 167. The largest absolute Gasteiger partial charge is 0.0751 e. The van der Waals surface area contributed by atoms with Crippen LogP contribution in [0.4, 0.5) is 0 Å². The molecule has 124 heavy (non-hydrogen) atoms. The van der Waals surface area contributed by atoms with Crippen LogP contribution in [0.5, 0.6) is 0 Å². The van der Waals surface area contributed by atoms with E-state index in [2.05, 4.69) is 481 Å². The van der Waals surface area contributed by atoms with Crippen LogP contribution in [0.1, 0.15) is 40.2 Å². The molecule has 0 heterocycles. The number of aryl methyl sites for hydroxylation is 2. The van der Waals surface area contributed by atoms with Crippen molar-refractivity contribution in [3.8, 4) is 77.9 Å². The molecule has 0 radical (unpaired) electrons. The van der Waals surface area contributed by atoms with Gasteiger partial charge in [-0.1, -0.05) is 443 Å². The molecule has 0 saturated heterocycles. The van der Waals surface area contributed by atoms with Crippen LogP contribution in [-0.2, 0) is 0 Å². The maximum absolute atomic E-state index is 2.52. The van der Waals surface area contributed by atoms with Crippen molar-refractivity contribution in [3.63, 3.8) is 0 Å². The molecule has 1 aliphatic rings. The van der Waals surface area contributed by atoms with Crippen LogP contribution >= 0.6 is 0 Å². The highest BCUT2D eigenvalue weighted by atomic mass is 14.3. The highest BCUT2D eigenvalue weighted by Gasteiger charge is 2.28. The number of benzene rings is 23. The molecule has 0 N–H and O–H groups in total. The molecule has 1 atom stereocenters. The van der Waals surface area contributed by atoms with Crippen molar-refractivity contribution in [2.75, 3.05) is 0 Å². The Morgan fingerprint density at radius 1 is 0.169 bits per heavy atom. The molecule has 582 valence electrons. The minimum Gasteiger partial charge on any atom is -0.0751 e. The van der Waals surface area contributed by atoms with Crippen molar-refractivity contribution in [2.24, 2.45) is 0 Å². The molecule has 0 nitrogen and oxygen atoms in total. The topological polar surface area (TPSA) is 0 Å². The molecular weight excluding hydrogens is 1490 g/mol. The lowest BCUT2D eigenvalue weighted by molar-refractivity contribution is 0.860. The summed E-state index contributed by atoms with van der Waals surface area (Å²) in [6.45, 7) is 4.49. The van der Waals surface area contributed by atoms with Crippen molar-refractivity contribution in [1.29, 1.82) is 0 Å². The van der Waals surface area contributed by atoms with Crippen LogP contribution < -0.4 is 0 Å². The highest BCUT2D eigenvalue weighted by molar-refractivity contribution is 6.29. The minimum atomic E-state index is 0.305. The summed E-state index contributed by atoms with van der Waals surface area (Å²) >= 11 is 0. The molecular formula is C124H86. The highest BCUT2D eigenvalue weighted by Crippen LogP contribution is 2.54. The van der Waals surface area contributed by atoms with Crippen molar-refractivity contribution < 1.29 is 0 Å². The van der Waals surface area contributed by atoms with Gasteiger partial charge in [-0.15, -0.1) is 0 Å². The Hall–Kier alpha value is -15.6. The molecule has 23 aromatic rings. The standard InChI is InChI=1S/C54H38.C36H26.C34H22/c1-5-17-37(18-6-1)43-29-31-47(49(33-43)39-21-9-3-10-22-39)53-45-27-15-16-28-46(45)54(52-36-42-26-14-13-25-41(42)35-51(52)53)48-32-30-44(38-19-7-2-8-20-38)34-50(48)40-23-11-4-12-24-40;1-23-19-21-25-11-3-5-13-27(25)33(23)35-29-15-7-9-17-31(29)36(32-18-10-8-16-30(32)35)34-24(2)20-22-26-12-4-6-14-28(26)34;1-2-12-25-22-26(21-20-23(25)10-1)33-29-15-5-7-17-31(29)34(32-18-8-6-16-30(32)33)28-19-9-13-24-11-3-4-14-27(24)28/h1-29,31-36,44H,30H2;3-22H,1-2H3;1-22H. The van der Waals surface area contributed by atoms with Crippen LogP contribution in [0.3, 0.4) is 0 Å². The van der Waals surface area contributed by atoms with Gasteiger partial charge in [0, 0.05) is 5.92 Å². The van der Waals surface area contributed by atoms with Gasteiger partial charge in [0.05, 0.1) is 0 Å². The number of allylic oxidation sites excluding steroid dienone is 4. The van der Waals surface area contributed by atoms with E-state index in [0.717, 1.165) is 6.42 Å². The third-order valence-corrected chi connectivity index (χ3v) is 25.9. The zero-order valence-corrected chi connectivity index (χ0v) is 69.2. The van der Waals surface area contributed by atoms with Gasteiger partial charge >= 0.3 is 0 Å². The van der Waals surface area contributed by atoms with Gasteiger partial charge in [-0.2, -0.15) is 0 Å². The lowest BCUT2D eigenvalue weighted by Crippen LogP contribution is -2.05. The maximum Gasteiger partial charge on any atom is 0.00622 e. The normalized spacial score (nSPS) is 12.7. The number of hydrogen-bond acceptors (Lipinski definition) is 0. The second-order valence-corrected chi connectivity index (χ2v) is 33.1. The van der Waals surface area contributed by atoms with E-state index in [9.17, 15) is 0 Å². The molecule has 24 rings (SSSR count). The van der Waals surface area contributed by atoms with E-state index in [1.165, 1.54) is 235 Å². The van der Waals surface area contributed by atoms with Gasteiger partial charge in [0.25, 0.3) is 0 Å². The minimum absolute atomic E-state index is 0.305. The monoisotopic (exact) mass is 1570 g/mol. The Balaban J connectivity index is 0.000000115. The van der Waals surface area contributed by atoms with Crippen LogP contribution in [0.2, 0.25) is 0 Å². The molecule has 0 spiro atoms. The number of hydrogen-bond donors (Lipinski definition) is 0. The van der Waals surface area contributed by atoms with E-state index < -0.39 is 0 Å². The Morgan fingerprint density at radius 2 is 0.516 bits per heavy atom. The summed E-state index contributed by atoms with van der Waals surface area (Å²) in [5.41, 5.74) is 27.0. The summed E-state index contributed by atoms with van der Waals surface area (Å²) < 4.78 is 0. The summed E-state index contributed by atoms with van der Waals surface area (Å²) in [4.78, 5) is 0. The Bertz CT molecular complexity index is 7930. The molecule has 0 bridgehead atoms. The zero-order chi connectivity index (χ0) is 82.6. The summed E-state index contributed by atoms with van der Waals surface area (Å²) in [5.74, 6) is 0.305. The summed E-state index contributed by atoms with van der Waals surface area (Å²) in [5, 5.41) is 28.2. The fourth-order valence-electron chi connectivity index (χ4n) is 20.2. The predicted molar refractivity (Wildman–Crippen MR) is 536 cm³/mol. The fraction of sp³-hybridized carbons (Fsp3) is 0.0323. The first-order valence-electron chi connectivity index (χ1n) is 43.4. The van der Waals surface area contributed by atoms with E-state index in [0.29, 0.717) is 5.92 Å². The average Bonchev–Trinajstić information content (AvgIpc) is 0.559. The van der Waals surface area contributed by atoms with Gasteiger partial charge in [0.2, 0.25) is 0 Å². The first kappa shape index (κ1) is 74.7. The van der Waals surface area contributed by atoms with Crippen LogP contribution in [0.25, 0.3) is 208 Å². The smallest absolute Gasteiger partial charge is 0.00622 e. The fourth-order valence-corrected chi connectivity index (χ4v) is 20.2. The van der Waals surface area contributed by atoms with Gasteiger partial charge in [0.1, 0.15) is 0 Å². The molecule has 1 unspecified atom stereocenters. The second-order valence-electron chi connectivity index (χ2n) is 33.1. The van der Waals surface area contributed by atoms with E-state index in [-0.39, 0.29) is 0 Å². The second kappa shape index (κ2) is 32.2. The van der Waals surface area contributed by atoms with Crippen molar-refractivity contribution >= 4 is 130 Å². The van der Waals surface area contributed by atoms with E-state index >= 15 is 0 Å². The summed E-state index contributed by atoms with van der Waals surface area (Å²) in [7, 11) is 0. The molecule has 0 heteroatoms. The van der Waals surface area contributed by atoms with Gasteiger partial charge < -0.3 is 0 Å². The number of fused-ring (bicyclic) bond motifs is 11. The third-order valence-electron chi connectivity index (χ3n) is 25.9. The first-order chi connectivity index (χ1) is 61.4. The quantitative estimate of drug-likeness (QED) is 0.120. The Morgan fingerprint density at radius 3 is 1.02 bits per heavy atom. The molecule has 0 aliphatic heterocycles. The van der Waals surface area contributed by atoms with Gasteiger partial charge in [-0.3, -0.25) is 0 Å². The van der Waals surface area contributed by atoms with Crippen LogP contribution in [0, 0.1) is 13.8 Å². The number of rotatable bonds is 10. The van der Waals surface area contributed by atoms with Gasteiger partial charge in [-0.05, 0) is 280 Å². The van der Waals surface area contributed by atoms with Crippen molar-refractivity contribution in [2.45, 2.75) is 26.2 Å². The lowest BCUT2D eigenvalue weighted by atomic mass is 9.77.